The molecule has 100 valence electrons. The SMILES string of the molecule is Cc1cc(NC(=O)Cc2c(C)noc2C)ccc1Br. The summed E-state index contributed by atoms with van der Waals surface area (Å²) in [5.41, 5.74) is 3.48. The first kappa shape index (κ1) is 13.8. The number of nitrogens with zero attached hydrogens (tertiary/aromatic N) is 1. The molecule has 0 spiro atoms. The normalized spacial score (nSPS) is 10.5. The summed E-state index contributed by atoms with van der Waals surface area (Å²) in [6.45, 7) is 5.63. The lowest BCUT2D eigenvalue weighted by Crippen LogP contribution is -2.15. The van der Waals surface area contributed by atoms with E-state index in [0.29, 0.717) is 5.76 Å². The van der Waals surface area contributed by atoms with Crippen LogP contribution in [0.5, 0.6) is 0 Å². The molecule has 0 bridgehead atoms. The van der Waals surface area contributed by atoms with E-state index in [0.717, 1.165) is 27.0 Å². The molecule has 5 heteroatoms. The predicted molar refractivity (Wildman–Crippen MR) is 77.2 cm³/mol. The van der Waals surface area contributed by atoms with Crippen LogP contribution in [0.4, 0.5) is 5.69 Å². The monoisotopic (exact) mass is 322 g/mol. The van der Waals surface area contributed by atoms with Crippen molar-refractivity contribution in [2.24, 2.45) is 0 Å². The van der Waals surface area contributed by atoms with Crippen LogP contribution in [0.25, 0.3) is 0 Å². The van der Waals surface area contributed by atoms with Crippen molar-refractivity contribution in [2.75, 3.05) is 5.32 Å². The van der Waals surface area contributed by atoms with Gasteiger partial charge in [0.25, 0.3) is 0 Å². The van der Waals surface area contributed by atoms with Crippen molar-refractivity contribution < 1.29 is 9.32 Å². The first-order chi connectivity index (χ1) is 8.97. The average Bonchev–Trinajstić information content (AvgIpc) is 2.66. The fourth-order valence-corrected chi connectivity index (χ4v) is 2.09. The van der Waals surface area contributed by atoms with Crippen molar-refractivity contribution in [1.29, 1.82) is 0 Å². The number of amides is 1. The van der Waals surface area contributed by atoms with Gasteiger partial charge in [0.1, 0.15) is 5.76 Å². The predicted octanol–water partition coefficient (Wildman–Crippen LogP) is 3.54. The molecule has 0 aliphatic rings. The fourth-order valence-electron chi connectivity index (χ4n) is 1.84. The molecule has 0 aliphatic carbocycles. The zero-order valence-electron chi connectivity index (χ0n) is 11.1. The molecule has 0 saturated carbocycles. The van der Waals surface area contributed by atoms with Gasteiger partial charge in [-0.3, -0.25) is 4.79 Å². The van der Waals surface area contributed by atoms with Crippen LogP contribution < -0.4 is 5.32 Å². The van der Waals surface area contributed by atoms with Gasteiger partial charge in [-0.15, -0.1) is 0 Å². The first-order valence-electron chi connectivity index (χ1n) is 5.95. The Morgan fingerprint density at radius 3 is 2.68 bits per heavy atom. The minimum absolute atomic E-state index is 0.0730. The van der Waals surface area contributed by atoms with Crippen molar-refractivity contribution >= 4 is 27.5 Å². The Labute approximate surface area is 120 Å². The van der Waals surface area contributed by atoms with Crippen LogP contribution in [0, 0.1) is 20.8 Å². The van der Waals surface area contributed by atoms with Crippen LogP contribution in [0.15, 0.2) is 27.2 Å². The maximum atomic E-state index is 12.0. The van der Waals surface area contributed by atoms with Crippen LogP contribution in [0.2, 0.25) is 0 Å². The standard InChI is InChI=1S/C14H15BrN2O2/c1-8-6-11(4-5-13(8)15)16-14(18)7-12-9(2)17-19-10(12)3/h4-6H,7H2,1-3H3,(H,16,18). The van der Waals surface area contributed by atoms with E-state index in [1.54, 1.807) is 0 Å². The maximum absolute atomic E-state index is 12.0. The van der Waals surface area contributed by atoms with Gasteiger partial charge in [-0.2, -0.15) is 0 Å². The third kappa shape index (κ3) is 3.23. The van der Waals surface area contributed by atoms with E-state index >= 15 is 0 Å². The number of hydrogen-bond donors (Lipinski definition) is 1. The molecule has 0 aliphatic heterocycles. The van der Waals surface area contributed by atoms with Gasteiger partial charge < -0.3 is 9.84 Å². The van der Waals surface area contributed by atoms with Crippen molar-refractivity contribution in [3.63, 3.8) is 0 Å². The number of rotatable bonds is 3. The highest BCUT2D eigenvalue weighted by Crippen LogP contribution is 2.20. The first-order valence-corrected chi connectivity index (χ1v) is 6.74. The van der Waals surface area contributed by atoms with Gasteiger partial charge in [0, 0.05) is 15.7 Å². The highest BCUT2D eigenvalue weighted by atomic mass is 79.9. The quantitative estimate of drug-likeness (QED) is 0.940. The van der Waals surface area contributed by atoms with Gasteiger partial charge >= 0.3 is 0 Å². The Morgan fingerprint density at radius 2 is 2.11 bits per heavy atom. The molecule has 0 fully saturated rings. The van der Waals surface area contributed by atoms with Gasteiger partial charge in [-0.25, -0.2) is 0 Å². The molecular formula is C14H15BrN2O2. The molecule has 2 aromatic rings. The van der Waals surface area contributed by atoms with Crippen molar-refractivity contribution in [1.82, 2.24) is 5.16 Å². The Balaban J connectivity index is 2.07. The third-order valence-corrected chi connectivity index (χ3v) is 3.85. The molecule has 0 atom stereocenters. The van der Waals surface area contributed by atoms with Crippen LogP contribution in [-0.4, -0.2) is 11.1 Å². The molecule has 1 aromatic carbocycles. The number of benzene rings is 1. The lowest BCUT2D eigenvalue weighted by Gasteiger charge is -2.07. The molecule has 1 aromatic heterocycles. The zero-order chi connectivity index (χ0) is 14.0. The Kier molecular flexibility index (Phi) is 4.04. The largest absolute Gasteiger partial charge is 0.361 e. The van der Waals surface area contributed by atoms with Crippen molar-refractivity contribution in [3.05, 3.63) is 45.3 Å². The van der Waals surface area contributed by atoms with Crippen LogP contribution in [0.3, 0.4) is 0 Å². The van der Waals surface area contributed by atoms with Crippen LogP contribution in [0.1, 0.15) is 22.6 Å². The summed E-state index contributed by atoms with van der Waals surface area (Å²) in [7, 11) is 0. The second-order valence-electron chi connectivity index (χ2n) is 4.49. The summed E-state index contributed by atoms with van der Waals surface area (Å²) in [6, 6.07) is 5.71. The van der Waals surface area contributed by atoms with Gasteiger partial charge in [-0.1, -0.05) is 21.1 Å². The summed E-state index contributed by atoms with van der Waals surface area (Å²) >= 11 is 3.43. The topological polar surface area (TPSA) is 55.1 Å². The van der Waals surface area contributed by atoms with Gasteiger partial charge in [-0.05, 0) is 44.5 Å². The van der Waals surface area contributed by atoms with Crippen molar-refractivity contribution in [2.45, 2.75) is 27.2 Å². The molecule has 0 saturated heterocycles. The average molecular weight is 323 g/mol. The molecule has 4 nitrogen and oxygen atoms in total. The lowest BCUT2D eigenvalue weighted by atomic mass is 10.1. The molecule has 2 rings (SSSR count). The summed E-state index contributed by atoms with van der Waals surface area (Å²) in [5, 5.41) is 6.71. The minimum Gasteiger partial charge on any atom is -0.361 e. The molecule has 1 heterocycles. The second kappa shape index (κ2) is 5.57. The number of aromatic nitrogens is 1. The second-order valence-corrected chi connectivity index (χ2v) is 5.35. The zero-order valence-corrected chi connectivity index (χ0v) is 12.7. The summed E-state index contributed by atoms with van der Waals surface area (Å²) in [4.78, 5) is 12.0. The summed E-state index contributed by atoms with van der Waals surface area (Å²) in [5.74, 6) is 0.621. The highest BCUT2D eigenvalue weighted by Gasteiger charge is 2.13. The van der Waals surface area contributed by atoms with E-state index in [4.69, 9.17) is 4.52 Å². The number of anilines is 1. The molecule has 0 unspecified atom stereocenters. The molecular weight excluding hydrogens is 308 g/mol. The number of hydrogen-bond acceptors (Lipinski definition) is 3. The van der Waals surface area contributed by atoms with E-state index < -0.39 is 0 Å². The van der Waals surface area contributed by atoms with Crippen LogP contribution in [-0.2, 0) is 11.2 Å². The number of halogens is 1. The van der Waals surface area contributed by atoms with Crippen molar-refractivity contribution in [3.8, 4) is 0 Å². The summed E-state index contributed by atoms with van der Waals surface area (Å²) in [6.07, 6.45) is 0.274. The summed E-state index contributed by atoms with van der Waals surface area (Å²) < 4.78 is 6.07. The Bertz CT molecular complexity index is 600. The number of nitrogens with one attached hydrogen (secondary N) is 1. The van der Waals surface area contributed by atoms with Crippen LogP contribution >= 0.6 is 15.9 Å². The smallest absolute Gasteiger partial charge is 0.228 e. The molecule has 1 amide bonds. The third-order valence-electron chi connectivity index (χ3n) is 2.96. The van der Waals surface area contributed by atoms with E-state index in [2.05, 4.69) is 26.4 Å². The van der Waals surface area contributed by atoms with E-state index in [-0.39, 0.29) is 12.3 Å². The number of carbonyl (C=O) groups is 1. The number of aryl methyl sites for hydroxylation is 3. The highest BCUT2D eigenvalue weighted by molar-refractivity contribution is 9.10. The Morgan fingerprint density at radius 1 is 1.37 bits per heavy atom. The fraction of sp³-hybridized carbons (Fsp3) is 0.286. The van der Waals surface area contributed by atoms with E-state index in [1.807, 2.05) is 39.0 Å². The van der Waals surface area contributed by atoms with Gasteiger partial charge in [0.05, 0.1) is 12.1 Å². The molecule has 1 N–H and O–H groups in total. The van der Waals surface area contributed by atoms with E-state index in [9.17, 15) is 4.79 Å². The molecule has 19 heavy (non-hydrogen) atoms. The number of carbonyl (C=O) groups excluding carboxylic acids is 1. The van der Waals surface area contributed by atoms with Gasteiger partial charge in [0.15, 0.2) is 0 Å². The van der Waals surface area contributed by atoms with E-state index in [1.165, 1.54) is 0 Å². The maximum Gasteiger partial charge on any atom is 0.228 e. The minimum atomic E-state index is -0.0730. The lowest BCUT2D eigenvalue weighted by molar-refractivity contribution is -0.115. The molecule has 0 radical (unpaired) electrons. The Hall–Kier alpha value is -1.62. The van der Waals surface area contributed by atoms with Gasteiger partial charge in [0.2, 0.25) is 5.91 Å².